The fourth-order valence-electron chi connectivity index (χ4n) is 2.20. The van der Waals surface area contributed by atoms with Gasteiger partial charge in [0.2, 0.25) is 0 Å². The van der Waals surface area contributed by atoms with E-state index in [2.05, 4.69) is 76.5 Å². The lowest BCUT2D eigenvalue weighted by molar-refractivity contribution is -0.0149. The van der Waals surface area contributed by atoms with Crippen molar-refractivity contribution in [3.63, 3.8) is 0 Å². The number of rotatable bonds is 6. The van der Waals surface area contributed by atoms with Crippen LogP contribution in [0.3, 0.4) is 0 Å². The van der Waals surface area contributed by atoms with Crippen molar-refractivity contribution in [1.29, 1.82) is 0 Å². The van der Waals surface area contributed by atoms with Crippen molar-refractivity contribution in [2.24, 2.45) is 0 Å². The number of thiazole rings is 1. The van der Waals surface area contributed by atoms with Gasteiger partial charge in [-0.1, -0.05) is 45.0 Å². The molecule has 24 heavy (non-hydrogen) atoms. The highest BCUT2D eigenvalue weighted by molar-refractivity contribution is 7.09. The van der Waals surface area contributed by atoms with E-state index in [9.17, 15) is 0 Å². The Morgan fingerprint density at radius 2 is 1.75 bits per heavy atom. The monoisotopic (exact) mass is 346 g/mol. The molecule has 1 aromatic carbocycles. The molecule has 0 aliphatic heterocycles. The van der Waals surface area contributed by atoms with Gasteiger partial charge in [-0.25, -0.2) is 4.98 Å². The summed E-state index contributed by atoms with van der Waals surface area (Å²) in [7, 11) is 0. The SMILES string of the molecule is CC(C)(C)OCc1cccc(CNCc2csc(C(C)(C)C)n2)c1. The average Bonchev–Trinajstić information content (AvgIpc) is 2.94. The Morgan fingerprint density at radius 1 is 1.04 bits per heavy atom. The minimum absolute atomic E-state index is 0.108. The molecule has 3 nitrogen and oxygen atoms in total. The van der Waals surface area contributed by atoms with Crippen LogP contribution in [0.15, 0.2) is 29.6 Å². The molecule has 0 atom stereocenters. The second-order valence-electron chi connectivity index (χ2n) is 8.22. The van der Waals surface area contributed by atoms with Crippen molar-refractivity contribution in [2.75, 3.05) is 0 Å². The Kier molecular flexibility index (Phi) is 6.18. The van der Waals surface area contributed by atoms with Crippen molar-refractivity contribution >= 4 is 11.3 Å². The van der Waals surface area contributed by atoms with Gasteiger partial charge in [-0.3, -0.25) is 0 Å². The molecule has 0 radical (unpaired) electrons. The number of hydrogen-bond donors (Lipinski definition) is 1. The minimum atomic E-state index is -0.108. The van der Waals surface area contributed by atoms with E-state index in [1.165, 1.54) is 16.1 Å². The van der Waals surface area contributed by atoms with Crippen LogP contribution in [0.5, 0.6) is 0 Å². The summed E-state index contributed by atoms with van der Waals surface area (Å²) in [5.41, 5.74) is 3.63. The summed E-state index contributed by atoms with van der Waals surface area (Å²) in [4.78, 5) is 4.72. The van der Waals surface area contributed by atoms with E-state index in [1.807, 2.05) is 0 Å². The Morgan fingerprint density at radius 3 is 2.38 bits per heavy atom. The van der Waals surface area contributed by atoms with Crippen LogP contribution < -0.4 is 5.32 Å². The van der Waals surface area contributed by atoms with Gasteiger partial charge >= 0.3 is 0 Å². The zero-order chi connectivity index (χ0) is 17.8. The summed E-state index contributed by atoms with van der Waals surface area (Å²) in [5, 5.41) is 6.83. The minimum Gasteiger partial charge on any atom is -0.371 e. The van der Waals surface area contributed by atoms with Crippen molar-refractivity contribution in [2.45, 2.75) is 72.3 Å². The molecule has 0 saturated heterocycles. The molecule has 0 aliphatic carbocycles. The first-order valence-electron chi connectivity index (χ1n) is 8.51. The van der Waals surface area contributed by atoms with Crippen LogP contribution in [-0.2, 0) is 29.8 Å². The number of hydrogen-bond acceptors (Lipinski definition) is 4. The zero-order valence-corrected chi connectivity index (χ0v) is 16.6. The van der Waals surface area contributed by atoms with E-state index in [4.69, 9.17) is 9.72 Å². The summed E-state index contributed by atoms with van der Waals surface area (Å²) in [6.45, 7) is 15.1. The highest BCUT2D eigenvalue weighted by Gasteiger charge is 2.17. The third-order valence-electron chi connectivity index (χ3n) is 3.49. The van der Waals surface area contributed by atoms with Crippen LogP contribution in [0.4, 0.5) is 0 Å². The highest BCUT2D eigenvalue weighted by atomic mass is 32.1. The molecule has 2 aromatic rings. The van der Waals surface area contributed by atoms with Gasteiger partial charge in [-0.15, -0.1) is 11.3 Å². The first kappa shape index (κ1) is 19.1. The molecular formula is C20H30N2OS. The summed E-state index contributed by atoms with van der Waals surface area (Å²) >= 11 is 1.75. The Balaban J connectivity index is 1.85. The van der Waals surface area contributed by atoms with Gasteiger partial charge in [0.25, 0.3) is 0 Å². The van der Waals surface area contributed by atoms with Gasteiger partial charge < -0.3 is 10.1 Å². The summed E-state index contributed by atoms with van der Waals surface area (Å²) in [6.07, 6.45) is 0. The lowest BCUT2D eigenvalue weighted by atomic mass is 9.98. The predicted molar refractivity (Wildman–Crippen MR) is 102 cm³/mol. The van der Waals surface area contributed by atoms with Crippen molar-refractivity contribution in [3.05, 3.63) is 51.5 Å². The van der Waals surface area contributed by atoms with Gasteiger partial charge in [-0.2, -0.15) is 0 Å². The van der Waals surface area contributed by atoms with Crippen LogP contribution in [0.2, 0.25) is 0 Å². The molecule has 0 aliphatic rings. The second kappa shape index (κ2) is 7.77. The molecule has 1 aromatic heterocycles. The Hall–Kier alpha value is -1.23. The van der Waals surface area contributed by atoms with Gasteiger partial charge in [0.1, 0.15) is 0 Å². The number of aromatic nitrogens is 1. The second-order valence-corrected chi connectivity index (χ2v) is 9.08. The number of nitrogens with zero attached hydrogens (tertiary/aromatic N) is 1. The maximum atomic E-state index is 5.85. The lowest BCUT2D eigenvalue weighted by Crippen LogP contribution is -2.19. The Labute approximate surface area is 150 Å². The zero-order valence-electron chi connectivity index (χ0n) is 15.8. The van der Waals surface area contributed by atoms with Gasteiger partial charge in [-0.05, 0) is 31.9 Å². The molecule has 2 rings (SSSR count). The van der Waals surface area contributed by atoms with Gasteiger partial charge in [0, 0.05) is 23.9 Å². The number of benzene rings is 1. The van der Waals surface area contributed by atoms with Crippen LogP contribution in [0.25, 0.3) is 0 Å². The third-order valence-corrected chi connectivity index (χ3v) is 4.81. The standard InChI is InChI=1S/C20H30N2OS/c1-19(2,3)18-22-17(14-24-18)12-21-11-15-8-7-9-16(10-15)13-23-20(4,5)6/h7-10,14,21H,11-13H2,1-6H3. The number of ether oxygens (including phenoxy) is 1. The van der Waals surface area contributed by atoms with Crippen LogP contribution in [0.1, 0.15) is 63.4 Å². The molecule has 0 unspecified atom stereocenters. The lowest BCUT2D eigenvalue weighted by Gasteiger charge is -2.19. The van der Waals surface area contributed by atoms with Crippen LogP contribution in [-0.4, -0.2) is 10.6 Å². The molecule has 0 amide bonds. The Bertz CT molecular complexity index is 650. The van der Waals surface area contributed by atoms with Crippen molar-refractivity contribution in [3.8, 4) is 0 Å². The topological polar surface area (TPSA) is 34.1 Å². The van der Waals surface area contributed by atoms with Gasteiger partial charge in [0.15, 0.2) is 0 Å². The first-order valence-corrected chi connectivity index (χ1v) is 9.39. The van der Waals surface area contributed by atoms with E-state index in [1.54, 1.807) is 11.3 Å². The van der Waals surface area contributed by atoms with Crippen molar-refractivity contribution < 1.29 is 4.74 Å². The normalized spacial score (nSPS) is 12.6. The maximum absolute atomic E-state index is 5.85. The number of nitrogens with one attached hydrogen (secondary N) is 1. The molecule has 1 heterocycles. The van der Waals surface area contributed by atoms with E-state index in [0.717, 1.165) is 18.8 Å². The van der Waals surface area contributed by atoms with Crippen LogP contribution >= 0.6 is 11.3 Å². The summed E-state index contributed by atoms with van der Waals surface area (Å²) in [5.74, 6) is 0. The fourth-order valence-corrected chi connectivity index (χ4v) is 3.10. The largest absolute Gasteiger partial charge is 0.371 e. The molecular weight excluding hydrogens is 316 g/mol. The molecule has 0 bridgehead atoms. The predicted octanol–water partition coefficient (Wildman–Crippen LogP) is 5.05. The molecule has 0 spiro atoms. The molecule has 0 saturated carbocycles. The quantitative estimate of drug-likeness (QED) is 0.795. The van der Waals surface area contributed by atoms with Crippen molar-refractivity contribution in [1.82, 2.24) is 10.3 Å². The fraction of sp³-hybridized carbons (Fsp3) is 0.550. The van der Waals surface area contributed by atoms with Crippen LogP contribution in [0, 0.1) is 0 Å². The molecule has 4 heteroatoms. The average molecular weight is 347 g/mol. The van der Waals surface area contributed by atoms with E-state index >= 15 is 0 Å². The maximum Gasteiger partial charge on any atom is 0.0982 e. The first-order chi connectivity index (χ1) is 11.1. The third kappa shape index (κ3) is 6.34. The molecule has 1 N–H and O–H groups in total. The summed E-state index contributed by atoms with van der Waals surface area (Å²) in [6, 6.07) is 8.57. The van der Waals surface area contributed by atoms with E-state index in [0.29, 0.717) is 6.61 Å². The van der Waals surface area contributed by atoms with E-state index in [-0.39, 0.29) is 11.0 Å². The molecule has 132 valence electrons. The summed E-state index contributed by atoms with van der Waals surface area (Å²) < 4.78 is 5.85. The smallest absolute Gasteiger partial charge is 0.0982 e. The molecule has 0 fully saturated rings. The van der Waals surface area contributed by atoms with E-state index < -0.39 is 0 Å². The van der Waals surface area contributed by atoms with Gasteiger partial charge in [0.05, 0.1) is 22.9 Å². The highest BCUT2D eigenvalue weighted by Crippen LogP contribution is 2.25.